The Morgan fingerprint density at radius 3 is 2.41 bits per heavy atom. The minimum Gasteiger partial charge on any atom is -0.495 e. The van der Waals surface area contributed by atoms with Crippen molar-refractivity contribution in [2.24, 2.45) is 19.5 Å². The van der Waals surface area contributed by atoms with E-state index in [1.165, 1.54) is 0 Å². The van der Waals surface area contributed by atoms with Crippen molar-refractivity contribution in [2.45, 2.75) is 26.2 Å². The predicted octanol–water partition coefficient (Wildman–Crippen LogP) is 3.55. The van der Waals surface area contributed by atoms with Gasteiger partial charge in [-0.05, 0) is 43.7 Å². The molecule has 0 aliphatic carbocycles. The highest BCUT2D eigenvalue weighted by molar-refractivity contribution is 6.03. The molecule has 5 heterocycles. The van der Waals surface area contributed by atoms with Crippen LogP contribution in [0.3, 0.4) is 0 Å². The number of likely N-dealkylation sites (tertiary alicyclic amines) is 2. The monoisotopic (exact) mass is 500 g/mol. The summed E-state index contributed by atoms with van der Waals surface area (Å²) < 4.78 is 9.39. The molecule has 1 aromatic carbocycles. The number of piperidine rings is 1. The highest BCUT2D eigenvalue weighted by Gasteiger charge is 2.43. The number of carbonyl (C=O) groups excluding carboxylic acids is 2. The molecule has 3 aromatic heterocycles. The molecule has 6 rings (SSSR count). The molecule has 192 valence electrons. The highest BCUT2D eigenvalue weighted by Crippen LogP contribution is 2.42. The second-order valence-corrected chi connectivity index (χ2v) is 10.5. The summed E-state index contributed by atoms with van der Waals surface area (Å²) in [6.07, 6.45) is 4.34. The number of ether oxygens (including phenoxy) is 1. The zero-order valence-corrected chi connectivity index (χ0v) is 21.8. The van der Waals surface area contributed by atoms with Crippen LogP contribution in [0.25, 0.3) is 21.9 Å². The normalized spacial score (nSPS) is 17.3. The number of para-hydroxylation sites is 1. The van der Waals surface area contributed by atoms with Crippen LogP contribution in [0.15, 0.2) is 36.5 Å². The van der Waals surface area contributed by atoms with E-state index in [1.54, 1.807) is 18.0 Å². The topological polar surface area (TPSA) is 85.5 Å². The molecule has 0 unspecified atom stereocenters. The Morgan fingerprint density at radius 2 is 1.70 bits per heavy atom. The fourth-order valence-corrected chi connectivity index (χ4v) is 6.27. The molecule has 2 fully saturated rings. The minimum absolute atomic E-state index is 0.0420. The third-order valence-corrected chi connectivity index (χ3v) is 8.42. The van der Waals surface area contributed by atoms with Crippen LogP contribution < -0.4 is 4.74 Å². The van der Waals surface area contributed by atoms with E-state index in [0.29, 0.717) is 43.1 Å². The maximum atomic E-state index is 13.6. The number of aromatic nitrogens is 4. The number of hydrogen-bond acceptors (Lipinski definition) is 5. The quantitative estimate of drug-likeness (QED) is 0.430. The third kappa shape index (κ3) is 3.67. The SMILES string of the molecule is COc1c(C(=O)N2CCC3(CCN(C(=O)c4cc5ccccc5n4C)CC3)C2)cnc2c1c(C)nn2C. The van der Waals surface area contributed by atoms with Crippen molar-refractivity contribution in [1.82, 2.24) is 29.1 Å². The Bertz CT molecular complexity index is 1540. The van der Waals surface area contributed by atoms with Gasteiger partial charge in [-0.25, -0.2) is 4.98 Å². The molecule has 9 nitrogen and oxygen atoms in total. The molecular formula is C28H32N6O3. The first-order valence-corrected chi connectivity index (χ1v) is 12.8. The largest absolute Gasteiger partial charge is 0.495 e. The number of carbonyl (C=O) groups is 2. The molecule has 0 saturated carbocycles. The van der Waals surface area contributed by atoms with Gasteiger partial charge in [0, 0.05) is 57.4 Å². The lowest BCUT2D eigenvalue weighted by Gasteiger charge is -2.39. The highest BCUT2D eigenvalue weighted by atomic mass is 16.5. The van der Waals surface area contributed by atoms with Gasteiger partial charge in [0.25, 0.3) is 11.8 Å². The van der Waals surface area contributed by atoms with E-state index in [4.69, 9.17) is 4.74 Å². The molecule has 2 aliphatic rings. The van der Waals surface area contributed by atoms with Gasteiger partial charge in [0.2, 0.25) is 0 Å². The van der Waals surface area contributed by atoms with E-state index >= 15 is 0 Å². The summed E-state index contributed by atoms with van der Waals surface area (Å²) >= 11 is 0. The second-order valence-electron chi connectivity index (χ2n) is 10.5. The summed E-state index contributed by atoms with van der Waals surface area (Å²) in [7, 11) is 5.38. The van der Waals surface area contributed by atoms with Crippen molar-refractivity contribution >= 4 is 33.8 Å². The average Bonchev–Trinajstić information content (AvgIpc) is 3.57. The van der Waals surface area contributed by atoms with Gasteiger partial charge < -0.3 is 19.1 Å². The van der Waals surface area contributed by atoms with Crippen LogP contribution in [0.4, 0.5) is 0 Å². The number of aryl methyl sites for hydroxylation is 3. The summed E-state index contributed by atoms with van der Waals surface area (Å²) in [4.78, 5) is 35.4. The van der Waals surface area contributed by atoms with Crippen molar-refractivity contribution in [3.63, 3.8) is 0 Å². The lowest BCUT2D eigenvalue weighted by atomic mass is 9.77. The van der Waals surface area contributed by atoms with Crippen molar-refractivity contribution in [1.29, 1.82) is 0 Å². The Hall–Kier alpha value is -3.88. The van der Waals surface area contributed by atoms with Gasteiger partial charge in [0.15, 0.2) is 5.65 Å². The fraction of sp³-hybridized carbons (Fsp3) is 0.429. The van der Waals surface area contributed by atoms with Crippen LogP contribution in [0.1, 0.15) is 45.8 Å². The third-order valence-electron chi connectivity index (χ3n) is 8.42. The van der Waals surface area contributed by atoms with Gasteiger partial charge in [-0.3, -0.25) is 14.3 Å². The van der Waals surface area contributed by atoms with Crippen molar-refractivity contribution in [2.75, 3.05) is 33.3 Å². The lowest BCUT2D eigenvalue weighted by Crippen LogP contribution is -2.45. The smallest absolute Gasteiger partial charge is 0.270 e. The standard InChI is InChI=1S/C28H32N6O3/c1-18-23-24(37-4)20(16-29-25(23)32(3)30-18)26(35)34-14-11-28(17-34)9-12-33(13-10-28)27(36)22-15-19-7-5-6-8-21(19)31(22)2/h5-8,15-16H,9-14,17H2,1-4H3. The van der Waals surface area contributed by atoms with Gasteiger partial charge in [0.05, 0.1) is 18.2 Å². The Labute approximate surface area is 215 Å². The number of fused-ring (bicyclic) bond motifs is 2. The number of nitrogens with zero attached hydrogens (tertiary/aromatic N) is 6. The van der Waals surface area contributed by atoms with Crippen LogP contribution >= 0.6 is 0 Å². The number of pyridine rings is 1. The van der Waals surface area contributed by atoms with Crippen LogP contribution in [0, 0.1) is 12.3 Å². The van der Waals surface area contributed by atoms with E-state index in [-0.39, 0.29) is 17.2 Å². The zero-order chi connectivity index (χ0) is 25.9. The molecule has 1 spiro atoms. The number of methoxy groups -OCH3 is 1. The van der Waals surface area contributed by atoms with Crippen LogP contribution in [0.5, 0.6) is 5.75 Å². The first-order chi connectivity index (χ1) is 17.8. The Kier molecular flexibility index (Phi) is 5.47. The first-order valence-electron chi connectivity index (χ1n) is 12.8. The molecule has 0 bridgehead atoms. The van der Waals surface area contributed by atoms with E-state index in [2.05, 4.69) is 10.1 Å². The van der Waals surface area contributed by atoms with Crippen LogP contribution in [-0.2, 0) is 14.1 Å². The molecule has 37 heavy (non-hydrogen) atoms. The summed E-state index contributed by atoms with van der Waals surface area (Å²) in [6.45, 7) is 4.69. The summed E-state index contributed by atoms with van der Waals surface area (Å²) in [6, 6.07) is 10.1. The van der Waals surface area contributed by atoms with E-state index < -0.39 is 0 Å². The number of amides is 2. The Balaban J connectivity index is 1.17. The van der Waals surface area contributed by atoms with Gasteiger partial charge in [0.1, 0.15) is 17.0 Å². The maximum absolute atomic E-state index is 13.6. The van der Waals surface area contributed by atoms with Crippen molar-refractivity contribution < 1.29 is 14.3 Å². The molecule has 2 amide bonds. The van der Waals surface area contributed by atoms with Crippen LogP contribution in [-0.4, -0.2) is 74.2 Å². The number of rotatable bonds is 3. The van der Waals surface area contributed by atoms with Gasteiger partial charge in [-0.2, -0.15) is 5.10 Å². The van der Waals surface area contributed by atoms with Crippen LogP contribution in [0.2, 0.25) is 0 Å². The molecule has 0 radical (unpaired) electrons. The summed E-state index contributed by atoms with van der Waals surface area (Å²) in [5, 5.41) is 6.30. The molecular weight excluding hydrogens is 468 g/mol. The predicted molar refractivity (Wildman–Crippen MR) is 141 cm³/mol. The van der Waals surface area contributed by atoms with Gasteiger partial charge in [-0.1, -0.05) is 18.2 Å². The molecule has 0 N–H and O–H groups in total. The van der Waals surface area contributed by atoms with Crippen molar-refractivity contribution in [3.8, 4) is 5.75 Å². The van der Waals surface area contributed by atoms with Gasteiger partial charge in [-0.15, -0.1) is 0 Å². The minimum atomic E-state index is -0.0552. The molecule has 9 heteroatoms. The second kappa shape index (κ2) is 8.61. The van der Waals surface area contributed by atoms with Gasteiger partial charge >= 0.3 is 0 Å². The lowest BCUT2D eigenvalue weighted by molar-refractivity contribution is 0.0557. The summed E-state index contributed by atoms with van der Waals surface area (Å²) in [5.74, 6) is 0.563. The molecule has 0 atom stereocenters. The van der Waals surface area contributed by atoms with E-state index in [1.807, 2.05) is 65.7 Å². The Morgan fingerprint density at radius 1 is 1.00 bits per heavy atom. The fourth-order valence-electron chi connectivity index (χ4n) is 6.27. The zero-order valence-electron chi connectivity index (χ0n) is 21.8. The average molecular weight is 501 g/mol. The van der Waals surface area contributed by atoms with E-state index in [0.717, 1.165) is 46.9 Å². The van der Waals surface area contributed by atoms with E-state index in [9.17, 15) is 9.59 Å². The first kappa shape index (κ1) is 23.5. The molecule has 4 aromatic rings. The number of hydrogen-bond donors (Lipinski definition) is 0. The van der Waals surface area contributed by atoms with Crippen molar-refractivity contribution in [3.05, 3.63) is 53.5 Å². The molecule has 2 saturated heterocycles. The maximum Gasteiger partial charge on any atom is 0.270 e. The molecule has 2 aliphatic heterocycles. The summed E-state index contributed by atoms with van der Waals surface area (Å²) in [5.41, 5.74) is 3.80. The number of benzene rings is 1.